The number of hydrogen-bond donors (Lipinski definition) is 3. The molecule has 0 aliphatic rings. The Bertz CT molecular complexity index is 767. The highest BCUT2D eigenvalue weighted by Crippen LogP contribution is 2.30. The highest BCUT2D eigenvalue weighted by molar-refractivity contribution is 5.94. The van der Waals surface area contributed by atoms with Gasteiger partial charge in [0.25, 0.3) is 0 Å². The lowest BCUT2D eigenvalue weighted by molar-refractivity contribution is -0.141. The number of nitrogens with zero attached hydrogens (tertiary/aromatic N) is 1. The second kappa shape index (κ2) is 8.43. The molecule has 1 heterocycles. The van der Waals surface area contributed by atoms with Gasteiger partial charge in [-0.05, 0) is 29.8 Å². The summed E-state index contributed by atoms with van der Waals surface area (Å²) in [5.41, 5.74) is -0.224. The van der Waals surface area contributed by atoms with Crippen LogP contribution in [0.2, 0.25) is 0 Å². The van der Waals surface area contributed by atoms with Gasteiger partial charge in [-0.1, -0.05) is 12.1 Å². The highest BCUT2D eigenvalue weighted by atomic mass is 19.4. The lowest BCUT2D eigenvalue weighted by Gasteiger charge is -2.15. The van der Waals surface area contributed by atoms with E-state index in [9.17, 15) is 27.9 Å². The number of nitrogens with one attached hydrogen (secondary N) is 2. The molecule has 0 saturated heterocycles. The van der Waals surface area contributed by atoms with Gasteiger partial charge in [-0.3, -0.25) is 19.9 Å². The van der Waals surface area contributed by atoms with Gasteiger partial charge >= 0.3 is 12.1 Å². The summed E-state index contributed by atoms with van der Waals surface area (Å²) in [7, 11) is 0. The molecule has 0 bridgehead atoms. The van der Waals surface area contributed by atoms with Crippen LogP contribution in [0.15, 0.2) is 48.8 Å². The third-order valence-corrected chi connectivity index (χ3v) is 3.44. The van der Waals surface area contributed by atoms with Crippen molar-refractivity contribution in [3.63, 3.8) is 0 Å². The van der Waals surface area contributed by atoms with Crippen LogP contribution < -0.4 is 10.6 Å². The quantitative estimate of drug-likeness (QED) is 0.700. The maximum atomic E-state index is 12.7. The van der Waals surface area contributed by atoms with Gasteiger partial charge in [0.05, 0.1) is 12.0 Å². The van der Waals surface area contributed by atoms with Crippen molar-refractivity contribution in [3.05, 3.63) is 59.9 Å². The summed E-state index contributed by atoms with van der Waals surface area (Å²) in [6, 6.07) is 6.36. The zero-order valence-corrected chi connectivity index (χ0v) is 13.5. The maximum absolute atomic E-state index is 12.7. The van der Waals surface area contributed by atoms with E-state index in [1.807, 2.05) is 0 Å². The largest absolute Gasteiger partial charge is 0.480 e. The number of carbonyl (C=O) groups is 2. The summed E-state index contributed by atoms with van der Waals surface area (Å²) in [5.74, 6) is -1.96. The Kier molecular flexibility index (Phi) is 6.29. The number of hydrogen-bond acceptors (Lipinski definition) is 4. The van der Waals surface area contributed by atoms with E-state index in [4.69, 9.17) is 0 Å². The van der Waals surface area contributed by atoms with E-state index in [1.54, 1.807) is 24.5 Å². The summed E-state index contributed by atoms with van der Waals surface area (Å²) in [4.78, 5) is 27.2. The third kappa shape index (κ3) is 5.85. The molecular weight excluding hydrogens is 351 g/mol. The van der Waals surface area contributed by atoms with Crippen LogP contribution in [0.3, 0.4) is 0 Å². The number of carbonyl (C=O) groups excluding carboxylic acids is 1. The van der Waals surface area contributed by atoms with Crippen molar-refractivity contribution in [1.29, 1.82) is 0 Å². The van der Waals surface area contributed by atoms with Gasteiger partial charge in [-0.2, -0.15) is 13.2 Å². The van der Waals surface area contributed by atoms with Crippen LogP contribution in [0, 0.1) is 0 Å². The van der Waals surface area contributed by atoms with Crippen LogP contribution in [0.5, 0.6) is 0 Å². The number of carboxylic acid groups (broad SMARTS) is 1. The average Bonchev–Trinajstić information content (AvgIpc) is 2.58. The Morgan fingerprint density at radius 2 is 1.96 bits per heavy atom. The molecule has 1 atom stereocenters. The molecule has 138 valence electrons. The Balaban J connectivity index is 1.96. The standard InChI is InChI=1S/C17H16F3N3O3/c18-17(19,20)12-4-1-5-13(7-12)23-15(24)8-14(16(25)26)22-10-11-3-2-6-21-9-11/h1-7,9,14,22H,8,10H2,(H,23,24)(H,25,26)/t14-/m1/s1. The van der Waals surface area contributed by atoms with Crippen LogP contribution in [0.4, 0.5) is 18.9 Å². The van der Waals surface area contributed by atoms with E-state index in [1.165, 1.54) is 6.07 Å². The summed E-state index contributed by atoms with van der Waals surface area (Å²) >= 11 is 0. The fourth-order valence-corrected chi connectivity index (χ4v) is 2.16. The number of alkyl halides is 3. The fourth-order valence-electron chi connectivity index (χ4n) is 2.16. The van der Waals surface area contributed by atoms with Crippen LogP contribution in [0.1, 0.15) is 17.5 Å². The number of rotatable bonds is 7. The summed E-state index contributed by atoms with van der Waals surface area (Å²) in [6.07, 6.45) is -1.85. The minimum absolute atomic E-state index is 0.0544. The first kappa shape index (κ1) is 19.4. The van der Waals surface area contributed by atoms with E-state index in [2.05, 4.69) is 15.6 Å². The Hall–Kier alpha value is -2.94. The smallest absolute Gasteiger partial charge is 0.416 e. The summed E-state index contributed by atoms with van der Waals surface area (Å²) < 4.78 is 38.0. The molecule has 2 aromatic rings. The Morgan fingerprint density at radius 1 is 1.19 bits per heavy atom. The molecule has 0 radical (unpaired) electrons. The Morgan fingerprint density at radius 3 is 2.58 bits per heavy atom. The molecule has 1 aromatic heterocycles. The molecule has 2 rings (SSSR count). The number of pyridine rings is 1. The molecule has 0 aliphatic carbocycles. The van der Waals surface area contributed by atoms with Crippen LogP contribution in [-0.2, 0) is 22.3 Å². The van der Waals surface area contributed by atoms with E-state index in [-0.39, 0.29) is 12.2 Å². The molecule has 9 heteroatoms. The molecule has 0 saturated carbocycles. The van der Waals surface area contributed by atoms with Crippen molar-refractivity contribution in [2.45, 2.75) is 25.2 Å². The number of aliphatic carboxylic acids is 1. The van der Waals surface area contributed by atoms with Crippen molar-refractivity contribution in [3.8, 4) is 0 Å². The predicted molar refractivity (Wildman–Crippen MR) is 87.2 cm³/mol. The van der Waals surface area contributed by atoms with E-state index >= 15 is 0 Å². The van der Waals surface area contributed by atoms with Gasteiger partial charge in [0.15, 0.2) is 0 Å². The van der Waals surface area contributed by atoms with Crippen LogP contribution in [0.25, 0.3) is 0 Å². The molecule has 0 spiro atoms. The topological polar surface area (TPSA) is 91.3 Å². The first-order chi connectivity index (χ1) is 12.3. The molecule has 0 aliphatic heterocycles. The van der Waals surface area contributed by atoms with Crippen molar-refractivity contribution in [2.75, 3.05) is 5.32 Å². The SMILES string of the molecule is O=C(C[C@@H](NCc1cccnc1)C(=O)O)Nc1cccc(C(F)(F)F)c1. The molecule has 26 heavy (non-hydrogen) atoms. The third-order valence-electron chi connectivity index (χ3n) is 3.44. The monoisotopic (exact) mass is 367 g/mol. The zero-order valence-electron chi connectivity index (χ0n) is 13.5. The second-order valence-electron chi connectivity index (χ2n) is 5.46. The predicted octanol–water partition coefficient (Wildman–Crippen LogP) is 2.67. The number of benzene rings is 1. The number of amides is 1. The van der Waals surface area contributed by atoms with Gasteiger partial charge in [-0.25, -0.2) is 0 Å². The van der Waals surface area contributed by atoms with Gasteiger partial charge in [-0.15, -0.1) is 0 Å². The summed E-state index contributed by atoms with van der Waals surface area (Å²) in [5, 5.41) is 14.2. The Labute approximate surface area is 147 Å². The zero-order chi connectivity index (χ0) is 19.2. The van der Waals surface area contributed by atoms with Gasteiger partial charge < -0.3 is 10.4 Å². The molecule has 1 aromatic carbocycles. The molecule has 0 unspecified atom stereocenters. The lowest BCUT2D eigenvalue weighted by Crippen LogP contribution is -2.39. The molecular formula is C17H16F3N3O3. The molecule has 6 nitrogen and oxygen atoms in total. The van der Waals surface area contributed by atoms with Gasteiger partial charge in [0.2, 0.25) is 5.91 Å². The maximum Gasteiger partial charge on any atom is 0.416 e. The number of carboxylic acids is 1. The number of aromatic nitrogens is 1. The highest BCUT2D eigenvalue weighted by Gasteiger charge is 2.30. The lowest BCUT2D eigenvalue weighted by atomic mass is 10.1. The van der Waals surface area contributed by atoms with Gasteiger partial charge in [0.1, 0.15) is 6.04 Å². The number of anilines is 1. The van der Waals surface area contributed by atoms with Gasteiger partial charge in [0, 0.05) is 24.6 Å². The van der Waals surface area contributed by atoms with Crippen molar-refractivity contribution in [1.82, 2.24) is 10.3 Å². The van der Waals surface area contributed by atoms with E-state index in [0.29, 0.717) is 0 Å². The van der Waals surface area contributed by atoms with E-state index in [0.717, 1.165) is 23.8 Å². The van der Waals surface area contributed by atoms with Crippen LogP contribution >= 0.6 is 0 Å². The van der Waals surface area contributed by atoms with Crippen molar-refractivity contribution < 1.29 is 27.9 Å². The van der Waals surface area contributed by atoms with Crippen molar-refractivity contribution in [2.24, 2.45) is 0 Å². The van der Waals surface area contributed by atoms with Crippen LogP contribution in [-0.4, -0.2) is 28.0 Å². The fraction of sp³-hybridized carbons (Fsp3) is 0.235. The normalized spacial score (nSPS) is 12.4. The summed E-state index contributed by atoms with van der Waals surface area (Å²) in [6.45, 7) is 0.182. The van der Waals surface area contributed by atoms with Crippen molar-refractivity contribution >= 4 is 17.6 Å². The molecule has 1 amide bonds. The first-order valence-electron chi connectivity index (χ1n) is 7.58. The molecule has 3 N–H and O–H groups in total. The minimum Gasteiger partial charge on any atom is -0.480 e. The second-order valence-corrected chi connectivity index (χ2v) is 5.46. The minimum atomic E-state index is -4.53. The molecule has 0 fully saturated rings. The average molecular weight is 367 g/mol. The first-order valence-corrected chi connectivity index (χ1v) is 7.58. The number of halogens is 3. The van der Waals surface area contributed by atoms with E-state index < -0.39 is 36.1 Å².